The van der Waals surface area contributed by atoms with Crippen LogP contribution in [0.25, 0.3) is 11.3 Å². The summed E-state index contributed by atoms with van der Waals surface area (Å²) in [5.41, 5.74) is 1.93. The maximum Gasteiger partial charge on any atom is 0.233 e. The maximum atomic E-state index is 6.14. The molecule has 1 aromatic heterocycles. The highest BCUT2D eigenvalue weighted by Gasteiger charge is 2.18. The highest BCUT2D eigenvalue weighted by atomic mass is 32.2. The van der Waals surface area contributed by atoms with E-state index < -0.39 is 0 Å². The largest absolute Gasteiger partial charge is 0.472 e. The van der Waals surface area contributed by atoms with Crippen LogP contribution in [-0.4, -0.2) is 52.3 Å². The molecule has 132 valence electrons. The quantitative estimate of drug-likeness (QED) is 0.671. The van der Waals surface area contributed by atoms with E-state index in [0.29, 0.717) is 5.88 Å². The summed E-state index contributed by atoms with van der Waals surface area (Å²) in [5, 5.41) is 8.59. The second-order valence-corrected chi connectivity index (χ2v) is 7.37. The molecular formula is C20H25N3OS. The van der Waals surface area contributed by atoms with E-state index in [2.05, 4.69) is 21.7 Å². The van der Waals surface area contributed by atoms with Crippen LogP contribution in [0.4, 0.5) is 0 Å². The molecule has 3 rings (SSSR count). The average Bonchev–Trinajstić information content (AvgIpc) is 2.68. The highest BCUT2D eigenvalue weighted by molar-refractivity contribution is 7.99. The van der Waals surface area contributed by atoms with E-state index in [1.807, 2.05) is 60.3 Å². The zero-order valence-corrected chi connectivity index (χ0v) is 15.3. The van der Waals surface area contributed by atoms with E-state index in [1.165, 1.54) is 11.5 Å². The van der Waals surface area contributed by atoms with Crippen LogP contribution in [0.15, 0.2) is 55.1 Å². The number of ether oxygens (including phenoxy) is 1. The zero-order valence-electron chi connectivity index (χ0n) is 14.5. The lowest BCUT2D eigenvalue weighted by Gasteiger charge is -2.30. The van der Waals surface area contributed by atoms with Crippen molar-refractivity contribution in [1.29, 1.82) is 0 Å². The van der Waals surface area contributed by atoms with Gasteiger partial charge in [0, 0.05) is 42.8 Å². The summed E-state index contributed by atoms with van der Waals surface area (Å²) in [6.45, 7) is 7.04. The fourth-order valence-corrected chi connectivity index (χ4v) is 3.86. The number of nitrogens with zero attached hydrogens (tertiary/aromatic N) is 3. The Balaban J connectivity index is 1.62. The molecule has 1 aliphatic rings. The van der Waals surface area contributed by atoms with Gasteiger partial charge in [-0.05, 0) is 18.9 Å². The van der Waals surface area contributed by atoms with E-state index in [0.717, 1.165) is 43.7 Å². The third kappa shape index (κ3) is 5.58. The van der Waals surface area contributed by atoms with Gasteiger partial charge in [0.05, 0.1) is 5.69 Å². The second kappa shape index (κ2) is 9.59. The molecule has 0 amide bonds. The molecule has 1 fully saturated rings. The predicted octanol–water partition coefficient (Wildman–Crippen LogP) is 3.91. The molecule has 1 atom stereocenters. The minimum absolute atomic E-state index is 0.123. The fourth-order valence-electron chi connectivity index (χ4n) is 2.88. The summed E-state index contributed by atoms with van der Waals surface area (Å²) in [5.74, 6) is 3.01. The van der Waals surface area contributed by atoms with E-state index in [9.17, 15) is 0 Å². The van der Waals surface area contributed by atoms with Crippen molar-refractivity contribution in [2.75, 3.05) is 31.1 Å². The van der Waals surface area contributed by atoms with Crippen LogP contribution in [0.1, 0.15) is 12.8 Å². The second-order valence-electron chi connectivity index (χ2n) is 6.14. The lowest BCUT2D eigenvalue weighted by atomic mass is 10.1. The zero-order chi connectivity index (χ0) is 17.3. The lowest BCUT2D eigenvalue weighted by molar-refractivity contribution is 0.126. The summed E-state index contributed by atoms with van der Waals surface area (Å²) in [6, 6.07) is 14.0. The van der Waals surface area contributed by atoms with Crippen LogP contribution in [0.3, 0.4) is 0 Å². The number of hydrogen-bond acceptors (Lipinski definition) is 5. The third-order valence-electron chi connectivity index (χ3n) is 4.26. The Morgan fingerprint density at radius 2 is 1.92 bits per heavy atom. The summed E-state index contributed by atoms with van der Waals surface area (Å²) in [6.07, 6.45) is 3.97. The molecule has 0 radical (unpaired) electrons. The molecule has 1 aliphatic heterocycles. The van der Waals surface area contributed by atoms with Gasteiger partial charge >= 0.3 is 0 Å². The third-order valence-corrected chi connectivity index (χ3v) is 5.20. The fraction of sp³-hybridized carbons (Fsp3) is 0.400. The molecule has 0 aliphatic carbocycles. The van der Waals surface area contributed by atoms with Crippen LogP contribution in [0.2, 0.25) is 0 Å². The highest BCUT2D eigenvalue weighted by Crippen LogP contribution is 2.19. The Hall–Kier alpha value is -1.85. The number of aromatic nitrogens is 2. The molecule has 0 saturated carbocycles. The van der Waals surface area contributed by atoms with Gasteiger partial charge in [-0.1, -0.05) is 36.4 Å². The van der Waals surface area contributed by atoms with Crippen molar-refractivity contribution in [2.24, 2.45) is 0 Å². The molecule has 2 aromatic rings. The standard InChI is InChI=1S/C20H25N3OS/c1-2-3-9-18(16-23-12-14-25-15-13-23)24-20-11-10-19(21-22-20)17-7-5-4-6-8-17/h2,4-8,10-11,18H,1,3,9,12-16H2/t18-/m1/s1. The number of rotatable bonds is 8. The van der Waals surface area contributed by atoms with Gasteiger partial charge in [-0.15, -0.1) is 16.8 Å². The molecule has 0 N–H and O–H groups in total. The Morgan fingerprint density at radius 1 is 1.12 bits per heavy atom. The minimum atomic E-state index is 0.123. The molecule has 1 saturated heterocycles. The summed E-state index contributed by atoms with van der Waals surface area (Å²) >= 11 is 2.03. The molecule has 1 aromatic carbocycles. The Bertz CT molecular complexity index is 642. The first-order chi connectivity index (χ1) is 12.3. The topological polar surface area (TPSA) is 38.2 Å². The van der Waals surface area contributed by atoms with Crippen molar-refractivity contribution in [3.8, 4) is 17.1 Å². The molecule has 2 heterocycles. The van der Waals surface area contributed by atoms with Crippen LogP contribution in [0.5, 0.6) is 5.88 Å². The lowest BCUT2D eigenvalue weighted by Crippen LogP contribution is -2.40. The smallest absolute Gasteiger partial charge is 0.233 e. The van der Waals surface area contributed by atoms with Crippen molar-refractivity contribution < 1.29 is 4.74 Å². The van der Waals surface area contributed by atoms with Gasteiger partial charge in [0.2, 0.25) is 5.88 Å². The Morgan fingerprint density at radius 3 is 2.60 bits per heavy atom. The van der Waals surface area contributed by atoms with Crippen molar-refractivity contribution in [3.05, 3.63) is 55.1 Å². The van der Waals surface area contributed by atoms with Gasteiger partial charge < -0.3 is 4.74 Å². The van der Waals surface area contributed by atoms with Gasteiger partial charge in [-0.25, -0.2) is 0 Å². The number of hydrogen-bond donors (Lipinski definition) is 0. The monoisotopic (exact) mass is 355 g/mol. The summed E-state index contributed by atoms with van der Waals surface area (Å²) < 4.78 is 6.14. The maximum absolute atomic E-state index is 6.14. The molecule has 0 unspecified atom stereocenters. The summed E-state index contributed by atoms with van der Waals surface area (Å²) in [7, 11) is 0. The van der Waals surface area contributed by atoms with E-state index in [1.54, 1.807) is 0 Å². The predicted molar refractivity (Wildman–Crippen MR) is 105 cm³/mol. The van der Waals surface area contributed by atoms with Gasteiger partial charge in [0.25, 0.3) is 0 Å². The SMILES string of the molecule is C=CCC[C@H](CN1CCSCC1)Oc1ccc(-c2ccccc2)nn1. The normalized spacial score (nSPS) is 16.3. The Kier molecular flexibility index (Phi) is 6.89. The molecule has 0 bridgehead atoms. The first kappa shape index (κ1) is 18.0. The van der Waals surface area contributed by atoms with Crippen molar-refractivity contribution >= 4 is 11.8 Å². The number of thioether (sulfide) groups is 1. The van der Waals surface area contributed by atoms with Crippen LogP contribution in [0, 0.1) is 0 Å². The van der Waals surface area contributed by atoms with Crippen LogP contribution < -0.4 is 4.74 Å². The van der Waals surface area contributed by atoms with Gasteiger partial charge in [0.15, 0.2) is 0 Å². The first-order valence-corrected chi connectivity index (χ1v) is 9.97. The van der Waals surface area contributed by atoms with Crippen molar-refractivity contribution in [1.82, 2.24) is 15.1 Å². The molecule has 0 spiro atoms. The number of allylic oxidation sites excluding steroid dienone is 1. The number of benzene rings is 1. The van der Waals surface area contributed by atoms with E-state index >= 15 is 0 Å². The van der Waals surface area contributed by atoms with Crippen LogP contribution >= 0.6 is 11.8 Å². The van der Waals surface area contributed by atoms with Crippen molar-refractivity contribution in [2.45, 2.75) is 18.9 Å². The van der Waals surface area contributed by atoms with Gasteiger partial charge in [0.1, 0.15) is 6.10 Å². The first-order valence-electron chi connectivity index (χ1n) is 8.82. The minimum Gasteiger partial charge on any atom is -0.472 e. The summed E-state index contributed by atoms with van der Waals surface area (Å²) in [4.78, 5) is 2.48. The molecule has 25 heavy (non-hydrogen) atoms. The van der Waals surface area contributed by atoms with E-state index in [-0.39, 0.29) is 6.10 Å². The molecular weight excluding hydrogens is 330 g/mol. The van der Waals surface area contributed by atoms with Gasteiger partial charge in [-0.2, -0.15) is 11.8 Å². The van der Waals surface area contributed by atoms with Gasteiger partial charge in [-0.3, -0.25) is 4.90 Å². The average molecular weight is 356 g/mol. The van der Waals surface area contributed by atoms with Crippen LogP contribution in [-0.2, 0) is 0 Å². The van der Waals surface area contributed by atoms with E-state index in [4.69, 9.17) is 4.74 Å². The van der Waals surface area contributed by atoms with Crippen molar-refractivity contribution in [3.63, 3.8) is 0 Å². The molecule has 5 heteroatoms. The molecule has 4 nitrogen and oxygen atoms in total. The Labute approximate surface area is 154 Å².